The van der Waals surface area contributed by atoms with Gasteiger partial charge >= 0.3 is 0 Å². The van der Waals surface area contributed by atoms with Crippen LogP contribution in [0.25, 0.3) is 0 Å². The summed E-state index contributed by atoms with van der Waals surface area (Å²) in [6.07, 6.45) is 8.82. The third kappa shape index (κ3) is 1.76. The highest BCUT2D eigenvalue weighted by atomic mass is 14.9. The maximum atomic E-state index is 4.40. The van der Waals surface area contributed by atoms with Crippen LogP contribution in [0.15, 0.2) is 0 Å². The van der Waals surface area contributed by atoms with Gasteiger partial charge in [-0.25, -0.2) is 5.32 Å². The lowest BCUT2D eigenvalue weighted by Gasteiger charge is -2.26. The minimum absolute atomic E-state index is 1.05. The molecule has 0 aromatic carbocycles. The molecule has 1 nitrogen and oxygen atoms in total. The van der Waals surface area contributed by atoms with Gasteiger partial charge < -0.3 is 0 Å². The molecule has 2 rings (SSSR count). The van der Waals surface area contributed by atoms with Gasteiger partial charge in [0.1, 0.15) is 0 Å². The lowest BCUT2D eigenvalue weighted by molar-refractivity contribution is 0.261. The van der Waals surface area contributed by atoms with E-state index >= 15 is 0 Å². The van der Waals surface area contributed by atoms with Crippen LogP contribution in [0.3, 0.4) is 0 Å². The lowest BCUT2D eigenvalue weighted by atomic mass is 9.84. The molecule has 0 spiro atoms. The smallest absolute Gasteiger partial charge is 0.0136 e. The van der Waals surface area contributed by atoms with Crippen LogP contribution >= 0.6 is 0 Å². The number of piperidine rings is 1. The summed E-state index contributed by atoms with van der Waals surface area (Å²) in [5, 5.41) is 4.40. The van der Waals surface area contributed by atoms with Crippen molar-refractivity contribution in [1.82, 2.24) is 5.32 Å². The predicted molar refractivity (Wildman–Crippen MR) is 46.6 cm³/mol. The summed E-state index contributed by atoms with van der Waals surface area (Å²) in [5.41, 5.74) is 0. The Morgan fingerprint density at radius 3 is 1.91 bits per heavy atom. The highest BCUT2D eigenvalue weighted by Crippen LogP contribution is 2.35. The van der Waals surface area contributed by atoms with Gasteiger partial charge in [0.05, 0.1) is 0 Å². The molecule has 0 aromatic rings. The van der Waals surface area contributed by atoms with E-state index in [1.165, 1.54) is 38.5 Å². The molecule has 2 fully saturated rings. The summed E-state index contributed by atoms with van der Waals surface area (Å²) in [6, 6.07) is 0. The summed E-state index contributed by atoms with van der Waals surface area (Å²) < 4.78 is 0. The first-order valence-corrected chi connectivity index (χ1v) is 5.10. The molecule has 1 heterocycles. The average molecular weight is 152 g/mol. The molecule has 1 saturated carbocycles. The van der Waals surface area contributed by atoms with Crippen LogP contribution in [0, 0.1) is 11.8 Å². The molecule has 1 aliphatic heterocycles. The summed E-state index contributed by atoms with van der Waals surface area (Å²) >= 11 is 0. The maximum absolute atomic E-state index is 4.40. The average Bonchev–Trinajstić information content (AvgIpc) is 2.58. The van der Waals surface area contributed by atoms with Gasteiger partial charge in [-0.05, 0) is 24.7 Å². The Kier molecular flexibility index (Phi) is 2.47. The highest BCUT2D eigenvalue weighted by molar-refractivity contribution is 4.78. The fourth-order valence-corrected chi connectivity index (χ4v) is 2.67. The van der Waals surface area contributed by atoms with Crippen LogP contribution in [0.2, 0.25) is 0 Å². The number of rotatable bonds is 1. The zero-order valence-electron chi connectivity index (χ0n) is 7.26. The molecule has 2 aliphatic rings. The van der Waals surface area contributed by atoms with Crippen molar-refractivity contribution in [3.8, 4) is 0 Å². The van der Waals surface area contributed by atoms with Crippen molar-refractivity contribution in [2.45, 2.75) is 38.5 Å². The summed E-state index contributed by atoms with van der Waals surface area (Å²) in [6.45, 7) is 2.31. The van der Waals surface area contributed by atoms with Gasteiger partial charge in [-0.2, -0.15) is 0 Å². The molecule has 0 atom stereocenters. The quantitative estimate of drug-likeness (QED) is 0.547. The molecule has 1 aliphatic carbocycles. The molecular weight excluding hydrogens is 134 g/mol. The van der Waals surface area contributed by atoms with Gasteiger partial charge in [0.25, 0.3) is 0 Å². The van der Waals surface area contributed by atoms with Crippen LogP contribution < -0.4 is 5.32 Å². The number of hydrogen-bond acceptors (Lipinski definition) is 0. The minimum Gasteiger partial charge on any atom is -0.242 e. The van der Waals surface area contributed by atoms with E-state index in [0.717, 1.165) is 24.9 Å². The number of hydrogen-bond donors (Lipinski definition) is 0. The first-order chi connectivity index (χ1) is 5.47. The van der Waals surface area contributed by atoms with Gasteiger partial charge in [0, 0.05) is 13.1 Å². The fourth-order valence-electron chi connectivity index (χ4n) is 2.67. The Labute approximate surface area is 69.6 Å². The molecule has 11 heavy (non-hydrogen) atoms. The molecule has 0 amide bonds. The summed E-state index contributed by atoms with van der Waals surface area (Å²) in [7, 11) is 0. The van der Waals surface area contributed by atoms with Crippen molar-refractivity contribution in [2.24, 2.45) is 11.8 Å². The Morgan fingerprint density at radius 2 is 1.27 bits per heavy atom. The minimum atomic E-state index is 1.05. The SMILES string of the molecule is C1CCC(C2CC[N]CC2)C1. The Hall–Kier alpha value is -0.0400. The first-order valence-electron chi connectivity index (χ1n) is 5.10. The van der Waals surface area contributed by atoms with Gasteiger partial charge in [0.2, 0.25) is 0 Å². The monoisotopic (exact) mass is 152 g/mol. The van der Waals surface area contributed by atoms with E-state index in [-0.39, 0.29) is 0 Å². The van der Waals surface area contributed by atoms with Crippen LogP contribution in [-0.4, -0.2) is 13.1 Å². The number of nitrogens with zero attached hydrogens (tertiary/aromatic N) is 1. The van der Waals surface area contributed by atoms with Gasteiger partial charge in [0.15, 0.2) is 0 Å². The molecule has 1 heteroatoms. The fraction of sp³-hybridized carbons (Fsp3) is 1.00. The topological polar surface area (TPSA) is 14.1 Å². The van der Waals surface area contributed by atoms with Gasteiger partial charge in [-0.15, -0.1) is 0 Å². The van der Waals surface area contributed by atoms with Crippen LogP contribution in [0.4, 0.5) is 0 Å². The van der Waals surface area contributed by atoms with E-state index in [1.807, 2.05) is 0 Å². The van der Waals surface area contributed by atoms with E-state index in [1.54, 1.807) is 0 Å². The summed E-state index contributed by atoms with van der Waals surface area (Å²) in [4.78, 5) is 0. The van der Waals surface area contributed by atoms with Gasteiger partial charge in [-0.1, -0.05) is 25.7 Å². The third-order valence-electron chi connectivity index (χ3n) is 3.38. The zero-order chi connectivity index (χ0) is 7.52. The van der Waals surface area contributed by atoms with E-state index in [2.05, 4.69) is 5.32 Å². The second kappa shape index (κ2) is 3.57. The van der Waals surface area contributed by atoms with E-state index in [9.17, 15) is 0 Å². The van der Waals surface area contributed by atoms with Crippen molar-refractivity contribution in [3.05, 3.63) is 0 Å². The molecule has 0 aromatic heterocycles. The van der Waals surface area contributed by atoms with Crippen LogP contribution in [0.5, 0.6) is 0 Å². The second-order valence-corrected chi connectivity index (χ2v) is 4.05. The van der Waals surface area contributed by atoms with E-state index in [4.69, 9.17) is 0 Å². The zero-order valence-corrected chi connectivity index (χ0v) is 7.26. The van der Waals surface area contributed by atoms with E-state index < -0.39 is 0 Å². The second-order valence-electron chi connectivity index (χ2n) is 4.05. The largest absolute Gasteiger partial charge is 0.242 e. The van der Waals surface area contributed by atoms with Crippen molar-refractivity contribution in [3.63, 3.8) is 0 Å². The molecule has 63 valence electrons. The predicted octanol–water partition coefficient (Wildman–Crippen LogP) is 2.19. The Balaban J connectivity index is 1.82. The first kappa shape index (κ1) is 7.60. The van der Waals surface area contributed by atoms with Crippen molar-refractivity contribution < 1.29 is 0 Å². The molecule has 0 N–H and O–H groups in total. The highest BCUT2D eigenvalue weighted by Gasteiger charge is 2.25. The summed E-state index contributed by atoms with van der Waals surface area (Å²) in [5.74, 6) is 2.14. The lowest BCUT2D eigenvalue weighted by Crippen LogP contribution is -2.26. The molecule has 1 radical (unpaired) electrons. The van der Waals surface area contributed by atoms with Crippen molar-refractivity contribution >= 4 is 0 Å². The standard InChI is InChI=1S/C10H18N/c1-2-4-9(3-1)10-5-7-11-8-6-10/h9-10H,1-8H2. The van der Waals surface area contributed by atoms with Crippen molar-refractivity contribution in [1.29, 1.82) is 0 Å². The third-order valence-corrected chi connectivity index (χ3v) is 3.38. The molecule has 1 saturated heterocycles. The van der Waals surface area contributed by atoms with Crippen LogP contribution in [-0.2, 0) is 0 Å². The molecule has 0 bridgehead atoms. The van der Waals surface area contributed by atoms with E-state index in [0.29, 0.717) is 0 Å². The Bertz CT molecular complexity index is 110. The molecular formula is C10H18N. The molecule has 0 unspecified atom stereocenters. The van der Waals surface area contributed by atoms with Crippen LogP contribution in [0.1, 0.15) is 38.5 Å². The van der Waals surface area contributed by atoms with Gasteiger partial charge in [-0.3, -0.25) is 0 Å². The Morgan fingerprint density at radius 1 is 0.727 bits per heavy atom. The van der Waals surface area contributed by atoms with Crippen molar-refractivity contribution in [2.75, 3.05) is 13.1 Å². The normalized spacial score (nSPS) is 29.5. The maximum Gasteiger partial charge on any atom is 0.0136 e.